The molecule has 4 saturated carbocycles. The van der Waals surface area contributed by atoms with Crippen LogP contribution >= 0.6 is 0 Å². The fourth-order valence-corrected chi connectivity index (χ4v) is 11.1. The molecule has 0 aromatic heterocycles. The highest BCUT2D eigenvalue weighted by atomic mass is 16.8. The molecule has 2 aromatic carbocycles. The van der Waals surface area contributed by atoms with Gasteiger partial charge in [0.15, 0.2) is 0 Å². The van der Waals surface area contributed by atoms with Crippen LogP contribution in [0.1, 0.15) is 109 Å². The fraction of sp³-hybridized carbons (Fsp3) is 0.652. The summed E-state index contributed by atoms with van der Waals surface area (Å²) in [4.78, 5) is 50.6. The van der Waals surface area contributed by atoms with E-state index in [9.17, 15) is 19.2 Å². The lowest BCUT2D eigenvalue weighted by Crippen LogP contribution is -2.54. The van der Waals surface area contributed by atoms with Crippen molar-refractivity contribution in [1.29, 1.82) is 0 Å². The number of hydrogen-bond donors (Lipinski definition) is 0. The molecule has 6 rings (SSSR count). The van der Waals surface area contributed by atoms with E-state index in [1.54, 1.807) is 13.8 Å². The maximum Gasteiger partial charge on any atom is 0.511 e. The summed E-state index contributed by atoms with van der Waals surface area (Å²) in [5.41, 5.74) is 2.38. The largest absolute Gasteiger partial charge is 0.511 e. The highest BCUT2D eigenvalue weighted by Crippen LogP contribution is 2.67. The zero-order chi connectivity index (χ0) is 39.7. The van der Waals surface area contributed by atoms with Gasteiger partial charge in [-0.25, -0.2) is 4.79 Å². The highest BCUT2D eigenvalue weighted by Gasteiger charge is 2.61. The van der Waals surface area contributed by atoms with Crippen molar-refractivity contribution in [2.45, 2.75) is 124 Å². The molecule has 56 heavy (non-hydrogen) atoms. The van der Waals surface area contributed by atoms with Gasteiger partial charge in [0.1, 0.15) is 18.0 Å². The zero-order valence-electron chi connectivity index (χ0n) is 33.8. The number of carbonyl (C=O) groups excluding carboxylic acids is 4. The first kappa shape index (κ1) is 41.9. The first-order chi connectivity index (χ1) is 26.9. The van der Waals surface area contributed by atoms with Crippen LogP contribution in [0.4, 0.5) is 4.79 Å². The minimum atomic E-state index is -0.832. The van der Waals surface area contributed by atoms with Crippen LogP contribution in [0, 0.1) is 46.3 Å². The molecule has 0 amide bonds. The molecule has 306 valence electrons. The smallest absolute Gasteiger partial charge is 0.457 e. The van der Waals surface area contributed by atoms with Gasteiger partial charge in [-0.05, 0) is 116 Å². The average molecular weight is 775 g/mol. The molecule has 0 aliphatic heterocycles. The standard InChI is InChI=1S/C46H62O10/c1-31(24-43(49)55-37(28-51-26-33-11-7-5-8-12-33)29-52-27-34-13-9-6-10-14-34)23-42(48)53-30-54-44(50)56-36-19-21-45(3)35(25-36)15-16-38-40-18-17-39(32(2)47)46(40,4)22-20-41(38)45/h5-14,31,35-41H,15-30H2,1-4H3/t31?,35-,36+,38-,39+,40-,41-,45-,46+/m0/s1. The summed E-state index contributed by atoms with van der Waals surface area (Å²) in [5.74, 6) is 1.60. The van der Waals surface area contributed by atoms with Crippen molar-refractivity contribution in [3.63, 3.8) is 0 Å². The number of benzene rings is 2. The number of carbonyl (C=O) groups is 4. The van der Waals surface area contributed by atoms with Crippen molar-refractivity contribution < 1.29 is 47.6 Å². The fourth-order valence-electron chi connectivity index (χ4n) is 11.1. The molecule has 0 saturated heterocycles. The van der Waals surface area contributed by atoms with Crippen molar-refractivity contribution in [3.8, 4) is 0 Å². The van der Waals surface area contributed by atoms with Crippen molar-refractivity contribution >= 4 is 23.9 Å². The molecule has 4 aliphatic carbocycles. The molecule has 4 fully saturated rings. The van der Waals surface area contributed by atoms with Crippen molar-refractivity contribution in [1.82, 2.24) is 0 Å². The van der Waals surface area contributed by atoms with E-state index in [-0.39, 0.29) is 54.8 Å². The van der Waals surface area contributed by atoms with E-state index in [1.807, 2.05) is 60.7 Å². The van der Waals surface area contributed by atoms with Gasteiger partial charge < -0.3 is 28.4 Å². The van der Waals surface area contributed by atoms with Crippen molar-refractivity contribution in [2.75, 3.05) is 20.0 Å². The summed E-state index contributed by atoms with van der Waals surface area (Å²) in [6.07, 6.45) is 7.72. The van der Waals surface area contributed by atoms with E-state index in [0.29, 0.717) is 42.7 Å². The Morgan fingerprint density at radius 3 is 1.96 bits per heavy atom. The second kappa shape index (κ2) is 19.1. The summed E-state index contributed by atoms with van der Waals surface area (Å²) in [5, 5.41) is 0. The second-order valence-electron chi connectivity index (χ2n) is 17.6. The summed E-state index contributed by atoms with van der Waals surface area (Å²) >= 11 is 0. The van der Waals surface area contributed by atoms with E-state index in [4.69, 9.17) is 28.4 Å². The number of rotatable bonds is 17. The number of ether oxygens (including phenoxy) is 6. The summed E-state index contributed by atoms with van der Waals surface area (Å²) < 4.78 is 33.5. The van der Waals surface area contributed by atoms with Gasteiger partial charge in [0.2, 0.25) is 6.79 Å². The topological polar surface area (TPSA) is 124 Å². The van der Waals surface area contributed by atoms with Crippen LogP contribution in [-0.4, -0.2) is 56.1 Å². The Morgan fingerprint density at radius 2 is 1.32 bits per heavy atom. The first-order valence-corrected chi connectivity index (χ1v) is 20.9. The lowest BCUT2D eigenvalue weighted by Gasteiger charge is -2.61. The molecule has 2 aromatic rings. The van der Waals surface area contributed by atoms with Crippen LogP contribution < -0.4 is 0 Å². The van der Waals surface area contributed by atoms with E-state index in [2.05, 4.69) is 13.8 Å². The Balaban J connectivity index is 0.882. The van der Waals surface area contributed by atoms with Gasteiger partial charge in [-0.1, -0.05) is 81.4 Å². The van der Waals surface area contributed by atoms with Gasteiger partial charge in [-0.3, -0.25) is 14.4 Å². The molecule has 0 bridgehead atoms. The third-order valence-electron chi connectivity index (χ3n) is 13.9. The lowest BCUT2D eigenvalue weighted by molar-refractivity contribution is -0.160. The van der Waals surface area contributed by atoms with E-state index in [1.165, 1.54) is 19.3 Å². The van der Waals surface area contributed by atoms with Crippen LogP contribution in [0.3, 0.4) is 0 Å². The zero-order valence-corrected chi connectivity index (χ0v) is 33.8. The number of esters is 2. The van der Waals surface area contributed by atoms with Crippen LogP contribution in [0.2, 0.25) is 0 Å². The lowest BCUT2D eigenvalue weighted by atomic mass is 9.44. The van der Waals surface area contributed by atoms with Gasteiger partial charge in [-0.15, -0.1) is 0 Å². The number of hydrogen-bond acceptors (Lipinski definition) is 10. The molecule has 0 radical (unpaired) electrons. The molecular formula is C46H62O10. The molecule has 4 aliphatic rings. The van der Waals surface area contributed by atoms with Crippen LogP contribution in [-0.2, 0) is 56.0 Å². The van der Waals surface area contributed by atoms with Gasteiger partial charge in [-0.2, -0.15) is 0 Å². The van der Waals surface area contributed by atoms with Crippen LogP contribution in [0.15, 0.2) is 60.7 Å². The number of ketones is 1. The van der Waals surface area contributed by atoms with Gasteiger partial charge in [0.25, 0.3) is 0 Å². The van der Waals surface area contributed by atoms with Crippen LogP contribution in [0.25, 0.3) is 0 Å². The number of Topliss-reactive ketones (excluding diaryl/α,β-unsaturated/α-hetero) is 1. The Kier molecular flexibility index (Phi) is 14.3. The molecule has 1 unspecified atom stereocenters. The van der Waals surface area contributed by atoms with Crippen LogP contribution in [0.5, 0.6) is 0 Å². The third kappa shape index (κ3) is 10.4. The van der Waals surface area contributed by atoms with E-state index < -0.39 is 31.0 Å². The summed E-state index contributed by atoms with van der Waals surface area (Å²) in [6.45, 7) is 8.91. The highest BCUT2D eigenvalue weighted by molar-refractivity contribution is 5.79. The second-order valence-corrected chi connectivity index (χ2v) is 17.6. The molecule has 10 nitrogen and oxygen atoms in total. The maximum atomic E-state index is 12.9. The number of fused-ring (bicyclic) bond motifs is 5. The minimum absolute atomic E-state index is 0.00581. The quantitative estimate of drug-likeness (QED) is 0.0874. The Bertz CT molecular complexity index is 1570. The average Bonchev–Trinajstić information content (AvgIpc) is 3.53. The predicted molar refractivity (Wildman–Crippen MR) is 209 cm³/mol. The maximum absolute atomic E-state index is 12.9. The minimum Gasteiger partial charge on any atom is -0.457 e. The van der Waals surface area contributed by atoms with E-state index >= 15 is 0 Å². The Labute approximate surface area is 332 Å². The Hall–Kier alpha value is -3.76. The molecular weight excluding hydrogens is 712 g/mol. The monoisotopic (exact) mass is 774 g/mol. The van der Waals surface area contributed by atoms with Gasteiger partial charge in [0, 0.05) is 18.8 Å². The predicted octanol–water partition coefficient (Wildman–Crippen LogP) is 9.02. The summed E-state index contributed by atoms with van der Waals surface area (Å²) in [7, 11) is 0. The normalized spacial score (nSPS) is 29.9. The molecule has 0 N–H and O–H groups in total. The van der Waals surface area contributed by atoms with Gasteiger partial charge >= 0.3 is 18.1 Å². The molecule has 10 heteroatoms. The summed E-state index contributed by atoms with van der Waals surface area (Å²) in [6, 6.07) is 19.5. The molecule has 0 heterocycles. The molecule has 9 atom stereocenters. The molecule has 0 spiro atoms. The van der Waals surface area contributed by atoms with Gasteiger partial charge in [0.05, 0.1) is 26.4 Å². The third-order valence-corrected chi connectivity index (χ3v) is 13.9. The van der Waals surface area contributed by atoms with Crippen molar-refractivity contribution in [3.05, 3.63) is 71.8 Å². The SMILES string of the molecule is CC(=O)[C@H]1CC[C@H]2[C@@H]3CC[C@H]4C[C@H](OC(=O)OCOC(=O)CC(C)CC(=O)OC(COCc5ccccc5)COCc5ccccc5)CC[C@]4(C)[C@H]3CC[C@]12C. The van der Waals surface area contributed by atoms with E-state index in [0.717, 1.165) is 49.7 Å². The Morgan fingerprint density at radius 1 is 0.714 bits per heavy atom. The van der Waals surface area contributed by atoms with Crippen molar-refractivity contribution in [2.24, 2.45) is 46.3 Å². The first-order valence-electron chi connectivity index (χ1n) is 20.9.